The van der Waals surface area contributed by atoms with Gasteiger partial charge in [-0.25, -0.2) is 4.21 Å². The van der Waals surface area contributed by atoms with Crippen LogP contribution in [0.5, 0.6) is 0 Å². The van der Waals surface area contributed by atoms with Crippen LogP contribution in [0.1, 0.15) is 59.3 Å². The summed E-state index contributed by atoms with van der Waals surface area (Å²) in [6.07, 6.45) is 4.73. The van der Waals surface area contributed by atoms with Gasteiger partial charge in [-0.3, -0.25) is 9.59 Å². The highest BCUT2D eigenvalue weighted by atomic mass is 32.2. The van der Waals surface area contributed by atoms with Crippen LogP contribution in [0.3, 0.4) is 0 Å². The summed E-state index contributed by atoms with van der Waals surface area (Å²) in [5.41, 5.74) is 0. The lowest BCUT2D eigenvalue weighted by Crippen LogP contribution is -2.42. The molecule has 0 bridgehead atoms. The number of hydrogen-bond donors (Lipinski definition) is 1. The Kier molecular flexibility index (Phi) is 10.9. The van der Waals surface area contributed by atoms with Gasteiger partial charge in [0, 0.05) is 11.9 Å². The Labute approximate surface area is 198 Å². The maximum absolute atomic E-state index is 13.5. The van der Waals surface area contributed by atoms with Crippen LogP contribution in [0.25, 0.3) is 10.8 Å². The van der Waals surface area contributed by atoms with Crippen molar-refractivity contribution in [2.45, 2.75) is 64.2 Å². The molecule has 2 unspecified atom stereocenters. The first-order valence-corrected chi connectivity index (χ1v) is 13.4. The van der Waals surface area contributed by atoms with Crippen LogP contribution < -0.4 is 0 Å². The highest BCUT2D eigenvalue weighted by Gasteiger charge is 2.26. The number of unbranched alkanes of at least 4 members (excludes halogenated alkanes) is 3. The Morgan fingerprint density at radius 1 is 1.03 bits per heavy atom. The van der Waals surface area contributed by atoms with Gasteiger partial charge < -0.3 is 14.2 Å². The number of carbonyl (C=O) groups excluding carboxylic acids is 2. The zero-order chi connectivity index (χ0) is 24.3. The SMILES string of the molecule is CCCCCN(CC(=O)OCC)C(=O)C(C=S(=O)(O)c1ccc2ccccc2c1)CCCC. The summed E-state index contributed by atoms with van der Waals surface area (Å²) >= 11 is 0. The van der Waals surface area contributed by atoms with Crippen molar-refractivity contribution in [3.05, 3.63) is 42.5 Å². The molecule has 1 N–H and O–H groups in total. The van der Waals surface area contributed by atoms with E-state index in [1.54, 1.807) is 19.1 Å². The number of ether oxygens (including phenoxy) is 1. The molecule has 0 aliphatic rings. The van der Waals surface area contributed by atoms with Crippen molar-refractivity contribution in [3.8, 4) is 0 Å². The number of nitrogens with zero attached hydrogens (tertiary/aromatic N) is 1. The standard InChI is InChI=1S/C26H37NO5S/c1-4-7-11-17-27(19-25(28)32-6-3)26(29)23(12-8-5-2)20-33(30,31)24-16-15-21-13-9-10-14-22(21)18-24/h9-10,13-16,18,20,23H,4-8,11-12,17,19H2,1-3H3,(H,30,31). The Morgan fingerprint density at radius 3 is 2.39 bits per heavy atom. The van der Waals surface area contributed by atoms with Gasteiger partial charge in [0.05, 0.1) is 17.4 Å². The van der Waals surface area contributed by atoms with E-state index in [2.05, 4.69) is 6.92 Å². The van der Waals surface area contributed by atoms with Crippen molar-refractivity contribution >= 4 is 37.8 Å². The van der Waals surface area contributed by atoms with Crippen LogP contribution in [0, 0.1) is 5.92 Å². The van der Waals surface area contributed by atoms with E-state index in [9.17, 15) is 18.4 Å². The summed E-state index contributed by atoms with van der Waals surface area (Å²) in [5.74, 6) is -1.52. The number of benzene rings is 2. The third-order valence-corrected chi connectivity index (χ3v) is 7.19. The van der Waals surface area contributed by atoms with Gasteiger partial charge in [0.1, 0.15) is 16.3 Å². The second-order valence-electron chi connectivity index (χ2n) is 8.23. The molecule has 0 fully saturated rings. The predicted octanol–water partition coefficient (Wildman–Crippen LogP) is 5.15. The maximum Gasteiger partial charge on any atom is 0.325 e. The topological polar surface area (TPSA) is 83.9 Å². The van der Waals surface area contributed by atoms with E-state index < -0.39 is 21.7 Å². The molecule has 7 heteroatoms. The number of amides is 1. The quantitative estimate of drug-likeness (QED) is 0.246. The summed E-state index contributed by atoms with van der Waals surface area (Å²) in [4.78, 5) is 27.3. The van der Waals surface area contributed by atoms with Gasteiger partial charge in [-0.2, -0.15) is 0 Å². The van der Waals surface area contributed by atoms with Crippen LogP contribution in [0.15, 0.2) is 47.4 Å². The highest BCUT2D eigenvalue weighted by Crippen LogP contribution is 2.21. The summed E-state index contributed by atoms with van der Waals surface area (Å²) in [5, 5.41) is 3.13. The third-order valence-electron chi connectivity index (χ3n) is 5.56. The first-order valence-electron chi connectivity index (χ1n) is 11.9. The minimum Gasteiger partial charge on any atom is -0.465 e. The van der Waals surface area contributed by atoms with Crippen LogP contribution in [-0.4, -0.2) is 50.6 Å². The minimum absolute atomic E-state index is 0.143. The molecule has 0 aliphatic carbocycles. The normalized spacial score (nSPS) is 13.8. The molecule has 0 saturated heterocycles. The molecule has 0 spiro atoms. The second-order valence-corrected chi connectivity index (χ2v) is 10.1. The van der Waals surface area contributed by atoms with E-state index in [1.165, 1.54) is 10.3 Å². The minimum atomic E-state index is -3.56. The fraction of sp³-hybridized carbons (Fsp3) is 0.500. The van der Waals surface area contributed by atoms with Crippen molar-refractivity contribution in [1.82, 2.24) is 4.90 Å². The first kappa shape index (κ1) is 26.9. The maximum atomic E-state index is 13.5. The van der Waals surface area contributed by atoms with E-state index in [1.807, 2.05) is 37.3 Å². The van der Waals surface area contributed by atoms with Crippen LogP contribution in [0.2, 0.25) is 0 Å². The molecule has 0 heterocycles. The number of carbonyl (C=O) groups is 2. The summed E-state index contributed by atoms with van der Waals surface area (Å²) < 4.78 is 29.3. The molecular weight excluding hydrogens is 438 g/mol. The predicted molar refractivity (Wildman–Crippen MR) is 135 cm³/mol. The van der Waals surface area contributed by atoms with E-state index in [4.69, 9.17) is 4.74 Å². The molecule has 2 aromatic rings. The van der Waals surface area contributed by atoms with Crippen molar-refractivity contribution in [1.29, 1.82) is 0 Å². The fourth-order valence-corrected chi connectivity index (χ4v) is 5.15. The van der Waals surface area contributed by atoms with Crippen molar-refractivity contribution in [2.24, 2.45) is 5.92 Å². The molecule has 2 aromatic carbocycles. The summed E-state index contributed by atoms with van der Waals surface area (Å²) in [6, 6.07) is 12.8. The van der Waals surface area contributed by atoms with E-state index >= 15 is 0 Å². The molecule has 1 amide bonds. The molecule has 33 heavy (non-hydrogen) atoms. The lowest BCUT2D eigenvalue weighted by molar-refractivity contribution is -0.149. The third kappa shape index (κ3) is 8.16. The van der Waals surface area contributed by atoms with Crippen molar-refractivity contribution < 1.29 is 23.1 Å². The van der Waals surface area contributed by atoms with Gasteiger partial charge in [0.25, 0.3) is 0 Å². The zero-order valence-corrected chi connectivity index (χ0v) is 20.8. The van der Waals surface area contributed by atoms with Gasteiger partial charge in [-0.1, -0.05) is 69.9 Å². The molecule has 0 radical (unpaired) electrons. The second kappa shape index (κ2) is 13.4. The zero-order valence-electron chi connectivity index (χ0n) is 20.0. The molecule has 6 nitrogen and oxygen atoms in total. The molecule has 0 aromatic heterocycles. The number of hydrogen-bond acceptors (Lipinski definition) is 4. The van der Waals surface area contributed by atoms with Crippen molar-refractivity contribution in [3.63, 3.8) is 0 Å². The smallest absolute Gasteiger partial charge is 0.325 e. The Balaban J connectivity index is 2.38. The lowest BCUT2D eigenvalue weighted by atomic mass is 10.0. The number of esters is 1. The molecule has 0 saturated carbocycles. The van der Waals surface area contributed by atoms with Gasteiger partial charge >= 0.3 is 5.97 Å². The van der Waals surface area contributed by atoms with E-state index in [0.717, 1.165) is 42.9 Å². The Morgan fingerprint density at radius 2 is 1.73 bits per heavy atom. The van der Waals surface area contributed by atoms with Gasteiger partial charge in [-0.05, 0) is 42.7 Å². The summed E-state index contributed by atoms with van der Waals surface area (Å²) in [7, 11) is -3.56. The highest BCUT2D eigenvalue weighted by molar-refractivity contribution is 7.96. The van der Waals surface area contributed by atoms with Gasteiger partial charge in [-0.15, -0.1) is 0 Å². The molecule has 2 rings (SSSR count). The van der Waals surface area contributed by atoms with E-state index in [0.29, 0.717) is 13.0 Å². The van der Waals surface area contributed by atoms with Crippen LogP contribution in [0.4, 0.5) is 0 Å². The monoisotopic (exact) mass is 475 g/mol. The molecule has 2 atom stereocenters. The largest absolute Gasteiger partial charge is 0.465 e. The number of fused-ring (bicyclic) bond motifs is 1. The number of rotatable bonds is 13. The lowest BCUT2D eigenvalue weighted by Gasteiger charge is -2.26. The Hall–Kier alpha value is -2.38. The van der Waals surface area contributed by atoms with Crippen LogP contribution >= 0.6 is 0 Å². The van der Waals surface area contributed by atoms with Crippen LogP contribution in [-0.2, 0) is 24.1 Å². The fourth-order valence-electron chi connectivity index (χ4n) is 3.74. The van der Waals surface area contributed by atoms with Gasteiger partial charge in [0.2, 0.25) is 5.91 Å². The molecule has 182 valence electrons. The van der Waals surface area contributed by atoms with E-state index in [-0.39, 0.29) is 24.0 Å². The Bertz CT molecular complexity index is 1040. The van der Waals surface area contributed by atoms with Gasteiger partial charge in [0.15, 0.2) is 0 Å². The molecular formula is C26H37NO5S. The average Bonchev–Trinajstić information content (AvgIpc) is 2.80. The first-order chi connectivity index (χ1) is 15.8. The summed E-state index contributed by atoms with van der Waals surface area (Å²) in [6.45, 7) is 6.33. The molecule has 0 aliphatic heterocycles. The van der Waals surface area contributed by atoms with Crippen molar-refractivity contribution in [2.75, 3.05) is 19.7 Å². The average molecular weight is 476 g/mol.